The van der Waals surface area contributed by atoms with E-state index in [1.165, 1.54) is 0 Å². The Bertz CT molecular complexity index is 1170. The van der Waals surface area contributed by atoms with Gasteiger partial charge in [-0.05, 0) is 55.5 Å². The van der Waals surface area contributed by atoms with Crippen molar-refractivity contribution >= 4 is 11.6 Å². The maximum Gasteiger partial charge on any atom is 0.339 e. The summed E-state index contributed by atoms with van der Waals surface area (Å²) in [5.41, 5.74) is 3.61. The van der Waals surface area contributed by atoms with Crippen molar-refractivity contribution in [2.75, 3.05) is 14.2 Å². The molecular formula is C27H34N2O6. The average molecular weight is 483 g/mol. The number of ether oxygens (including phenoxy) is 3. The number of aromatic nitrogens is 2. The van der Waals surface area contributed by atoms with Crippen LogP contribution in [0.1, 0.15) is 71.5 Å². The molecule has 0 aliphatic heterocycles. The van der Waals surface area contributed by atoms with Crippen LogP contribution in [0.15, 0.2) is 30.6 Å². The van der Waals surface area contributed by atoms with Gasteiger partial charge in [-0.1, -0.05) is 19.8 Å². The summed E-state index contributed by atoms with van der Waals surface area (Å²) in [6, 6.07) is 5.29. The molecule has 1 saturated carbocycles. The van der Waals surface area contributed by atoms with Gasteiger partial charge in [-0.25, -0.2) is 9.78 Å². The number of fused-ring (bicyclic) bond motifs is 1. The summed E-state index contributed by atoms with van der Waals surface area (Å²) in [6.07, 6.45) is 7.45. The first-order valence-corrected chi connectivity index (χ1v) is 12.1. The summed E-state index contributed by atoms with van der Waals surface area (Å²) in [4.78, 5) is 16.5. The molecule has 1 aliphatic rings. The number of rotatable bonds is 10. The van der Waals surface area contributed by atoms with Crippen LogP contribution in [0, 0.1) is 6.92 Å². The van der Waals surface area contributed by atoms with Crippen LogP contribution in [0.3, 0.4) is 0 Å². The van der Waals surface area contributed by atoms with Gasteiger partial charge in [-0.2, -0.15) is 0 Å². The highest BCUT2D eigenvalue weighted by Gasteiger charge is 2.29. The molecule has 35 heavy (non-hydrogen) atoms. The predicted molar refractivity (Wildman–Crippen MR) is 132 cm³/mol. The molecule has 188 valence electrons. The summed E-state index contributed by atoms with van der Waals surface area (Å²) < 4.78 is 19.2. The molecule has 0 bridgehead atoms. The van der Waals surface area contributed by atoms with Gasteiger partial charge in [-0.15, -0.1) is 0 Å². The minimum atomic E-state index is -1.01. The lowest BCUT2D eigenvalue weighted by atomic mass is 9.98. The number of hydrogen-bond donors (Lipinski definition) is 2. The topological polar surface area (TPSA) is 103 Å². The number of carboxylic acid groups (broad SMARTS) is 1. The van der Waals surface area contributed by atoms with Crippen LogP contribution in [0.25, 0.3) is 5.65 Å². The van der Waals surface area contributed by atoms with Gasteiger partial charge in [0.1, 0.15) is 23.2 Å². The Morgan fingerprint density at radius 2 is 1.80 bits per heavy atom. The lowest BCUT2D eigenvalue weighted by Crippen LogP contribution is -2.29. The van der Waals surface area contributed by atoms with Crippen molar-refractivity contribution in [3.63, 3.8) is 0 Å². The number of aryl methyl sites for hydroxylation is 1. The van der Waals surface area contributed by atoms with E-state index in [4.69, 9.17) is 14.2 Å². The lowest BCUT2D eigenvalue weighted by Gasteiger charge is -2.27. The molecule has 0 spiro atoms. The van der Waals surface area contributed by atoms with Crippen molar-refractivity contribution in [1.29, 1.82) is 0 Å². The van der Waals surface area contributed by atoms with Crippen LogP contribution in [0.4, 0.5) is 0 Å². The first-order valence-electron chi connectivity index (χ1n) is 12.1. The third-order valence-electron chi connectivity index (χ3n) is 6.84. The number of pyridine rings is 1. The highest BCUT2D eigenvalue weighted by atomic mass is 16.5. The SMILES string of the molecule is CCc1cc(C(=O)O)c2nc(C[C@H](OC3CCCC3)[C@H](O)c3cc(OC)c(C)c(OC)c3)cn2c1. The van der Waals surface area contributed by atoms with Gasteiger partial charge < -0.3 is 28.8 Å². The molecule has 8 nitrogen and oxygen atoms in total. The maximum absolute atomic E-state index is 11.8. The number of imidazole rings is 1. The Morgan fingerprint density at radius 1 is 1.14 bits per heavy atom. The molecule has 2 atom stereocenters. The number of benzene rings is 1. The molecule has 1 aromatic carbocycles. The standard InChI is InChI=1S/C27H34N2O6/c1-5-17-10-21(27(31)32)26-28-19(15-29(26)14-17)13-24(35-20-8-6-7-9-20)25(30)18-11-22(33-3)16(2)23(12-18)34-4/h10-12,14-15,20,24-25,30H,5-9,13H2,1-4H3,(H,31,32)/t24-,25+/m0/s1. The zero-order chi connectivity index (χ0) is 25.1. The van der Waals surface area contributed by atoms with Crippen LogP contribution in [-0.4, -0.2) is 52.0 Å². The third kappa shape index (κ3) is 5.28. The Labute approximate surface area is 205 Å². The van der Waals surface area contributed by atoms with Crippen LogP contribution in [0.2, 0.25) is 0 Å². The number of methoxy groups -OCH3 is 2. The Morgan fingerprint density at radius 3 is 2.37 bits per heavy atom. The highest BCUT2D eigenvalue weighted by Crippen LogP contribution is 2.35. The average Bonchev–Trinajstić information content (AvgIpc) is 3.51. The maximum atomic E-state index is 11.8. The van der Waals surface area contributed by atoms with E-state index in [1.807, 2.05) is 38.4 Å². The number of carboxylic acids is 1. The van der Waals surface area contributed by atoms with E-state index in [2.05, 4.69) is 4.98 Å². The quantitative estimate of drug-likeness (QED) is 0.438. The second-order valence-corrected chi connectivity index (χ2v) is 9.16. The fraction of sp³-hybridized carbons (Fsp3) is 0.481. The van der Waals surface area contributed by atoms with Crippen LogP contribution < -0.4 is 9.47 Å². The number of aliphatic hydroxyl groups excluding tert-OH is 1. The van der Waals surface area contributed by atoms with Gasteiger partial charge in [0, 0.05) is 24.4 Å². The molecular weight excluding hydrogens is 448 g/mol. The molecule has 0 saturated heterocycles. The van der Waals surface area contributed by atoms with E-state index in [0.29, 0.717) is 41.2 Å². The predicted octanol–water partition coefficient (Wildman–Crippen LogP) is 4.52. The van der Waals surface area contributed by atoms with Gasteiger partial charge >= 0.3 is 5.97 Å². The van der Waals surface area contributed by atoms with Gasteiger partial charge in [0.15, 0.2) is 5.65 Å². The second kappa shape index (κ2) is 10.7. The molecule has 2 aromatic heterocycles. The largest absolute Gasteiger partial charge is 0.496 e. The first kappa shape index (κ1) is 25.0. The fourth-order valence-electron chi connectivity index (χ4n) is 4.86. The molecule has 0 unspecified atom stereocenters. The van der Waals surface area contributed by atoms with E-state index < -0.39 is 18.2 Å². The number of aliphatic hydroxyl groups is 1. The molecule has 2 heterocycles. The second-order valence-electron chi connectivity index (χ2n) is 9.16. The molecule has 8 heteroatoms. The van der Waals surface area contributed by atoms with Crippen molar-refractivity contribution in [3.8, 4) is 11.5 Å². The minimum absolute atomic E-state index is 0.0715. The summed E-state index contributed by atoms with van der Waals surface area (Å²) in [7, 11) is 3.18. The van der Waals surface area contributed by atoms with E-state index >= 15 is 0 Å². The summed E-state index contributed by atoms with van der Waals surface area (Å²) in [5, 5.41) is 21.2. The molecule has 1 aliphatic carbocycles. The van der Waals surface area contributed by atoms with Crippen molar-refractivity contribution < 1.29 is 29.2 Å². The zero-order valence-electron chi connectivity index (χ0n) is 20.8. The van der Waals surface area contributed by atoms with Crippen molar-refractivity contribution in [1.82, 2.24) is 9.38 Å². The Balaban J connectivity index is 1.70. The normalized spacial score (nSPS) is 15.9. The summed E-state index contributed by atoms with van der Waals surface area (Å²) in [6.45, 7) is 3.89. The molecule has 4 rings (SSSR count). The lowest BCUT2D eigenvalue weighted by molar-refractivity contribution is -0.0757. The van der Waals surface area contributed by atoms with Crippen molar-refractivity contribution in [2.45, 2.75) is 70.7 Å². The van der Waals surface area contributed by atoms with E-state index in [9.17, 15) is 15.0 Å². The van der Waals surface area contributed by atoms with Gasteiger partial charge in [0.05, 0.1) is 32.1 Å². The Hall–Kier alpha value is -3.10. The van der Waals surface area contributed by atoms with Crippen LogP contribution in [-0.2, 0) is 17.6 Å². The molecule has 1 fully saturated rings. The number of carbonyl (C=O) groups is 1. The number of nitrogens with zero attached hydrogens (tertiary/aromatic N) is 2. The van der Waals surface area contributed by atoms with E-state index in [-0.39, 0.29) is 11.7 Å². The molecule has 0 radical (unpaired) electrons. The minimum Gasteiger partial charge on any atom is -0.496 e. The Kier molecular flexibility index (Phi) is 7.62. The molecule has 0 amide bonds. The van der Waals surface area contributed by atoms with E-state index in [0.717, 1.165) is 36.8 Å². The third-order valence-corrected chi connectivity index (χ3v) is 6.84. The summed E-state index contributed by atoms with van der Waals surface area (Å²) in [5.74, 6) is 0.243. The van der Waals surface area contributed by atoms with E-state index in [1.54, 1.807) is 24.7 Å². The van der Waals surface area contributed by atoms with Crippen LogP contribution >= 0.6 is 0 Å². The molecule has 3 aromatic rings. The highest BCUT2D eigenvalue weighted by molar-refractivity contribution is 5.94. The first-order chi connectivity index (χ1) is 16.8. The smallest absolute Gasteiger partial charge is 0.339 e. The van der Waals surface area contributed by atoms with Crippen molar-refractivity contribution in [2.24, 2.45) is 0 Å². The fourth-order valence-corrected chi connectivity index (χ4v) is 4.86. The number of hydrogen-bond acceptors (Lipinski definition) is 6. The summed E-state index contributed by atoms with van der Waals surface area (Å²) >= 11 is 0. The van der Waals surface area contributed by atoms with Gasteiger partial charge in [0.25, 0.3) is 0 Å². The monoisotopic (exact) mass is 482 g/mol. The van der Waals surface area contributed by atoms with Gasteiger partial charge in [0.2, 0.25) is 0 Å². The number of aromatic carboxylic acids is 1. The zero-order valence-corrected chi connectivity index (χ0v) is 20.8. The molecule has 2 N–H and O–H groups in total. The van der Waals surface area contributed by atoms with Crippen molar-refractivity contribution in [3.05, 3.63) is 58.5 Å². The van der Waals surface area contributed by atoms with Gasteiger partial charge in [-0.3, -0.25) is 0 Å². The van der Waals surface area contributed by atoms with Crippen LogP contribution in [0.5, 0.6) is 11.5 Å².